The van der Waals surface area contributed by atoms with Crippen molar-refractivity contribution in [3.8, 4) is 6.07 Å². The Balaban J connectivity index is 1.99. The second-order valence-corrected chi connectivity index (χ2v) is 5.76. The molecule has 1 aliphatic rings. The number of aromatic nitrogens is 2. The Morgan fingerprint density at radius 1 is 1.43 bits per heavy atom. The molecule has 0 bridgehead atoms. The highest BCUT2D eigenvalue weighted by molar-refractivity contribution is 5.80. The van der Waals surface area contributed by atoms with Crippen molar-refractivity contribution in [1.82, 2.24) is 15.2 Å². The van der Waals surface area contributed by atoms with Crippen LogP contribution in [0.2, 0.25) is 0 Å². The number of hydrogen-bond donors (Lipinski definition) is 2. The summed E-state index contributed by atoms with van der Waals surface area (Å²) in [5, 5.41) is 13.1. The standard InChI is InChI=1S/C14H18F3N5O/c1-8-11(7-18)12(22(2)21-8)19-20-13(23)9-4-3-5-10(6-9)14(15,16)17/h9-10,19H,3-6H2,1-2H3,(H,20,23). The summed E-state index contributed by atoms with van der Waals surface area (Å²) in [5.74, 6) is -2.31. The Morgan fingerprint density at radius 3 is 2.74 bits per heavy atom. The summed E-state index contributed by atoms with van der Waals surface area (Å²) in [6, 6.07) is 1.97. The van der Waals surface area contributed by atoms with Crippen molar-refractivity contribution in [2.24, 2.45) is 18.9 Å². The Bertz CT molecular complexity index is 632. The summed E-state index contributed by atoms with van der Waals surface area (Å²) in [6.45, 7) is 1.65. The highest BCUT2D eigenvalue weighted by Crippen LogP contribution is 2.39. The van der Waals surface area contributed by atoms with Gasteiger partial charge in [0.05, 0.1) is 11.6 Å². The second-order valence-electron chi connectivity index (χ2n) is 5.76. The number of halogens is 3. The van der Waals surface area contributed by atoms with Gasteiger partial charge in [-0.3, -0.25) is 20.3 Å². The van der Waals surface area contributed by atoms with E-state index in [0.717, 1.165) is 0 Å². The zero-order valence-corrected chi connectivity index (χ0v) is 12.9. The molecule has 1 saturated carbocycles. The summed E-state index contributed by atoms with van der Waals surface area (Å²) < 4.78 is 39.8. The summed E-state index contributed by atoms with van der Waals surface area (Å²) in [7, 11) is 1.60. The van der Waals surface area contributed by atoms with Crippen molar-refractivity contribution < 1.29 is 18.0 Å². The average Bonchev–Trinajstić information content (AvgIpc) is 2.77. The van der Waals surface area contributed by atoms with Crippen LogP contribution in [-0.4, -0.2) is 21.9 Å². The molecule has 0 aromatic carbocycles. The van der Waals surface area contributed by atoms with E-state index in [9.17, 15) is 18.0 Å². The van der Waals surface area contributed by atoms with Gasteiger partial charge in [0.2, 0.25) is 5.91 Å². The number of rotatable bonds is 3. The van der Waals surface area contributed by atoms with E-state index in [2.05, 4.69) is 16.0 Å². The third-order valence-corrected chi connectivity index (χ3v) is 4.15. The first kappa shape index (κ1) is 17.1. The van der Waals surface area contributed by atoms with Crippen molar-refractivity contribution in [2.75, 3.05) is 5.43 Å². The monoisotopic (exact) mass is 329 g/mol. The molecule has 0 aliphatic heterocycles. The topological polar surface area (TPSA) is 82.7 Å². The van der Waals surface area contributed by atoms with Crippen molar-refractivity contribution in [1.29, 1.82) is 5.26 Å². The van der Waals surface area contributed by atoms with Gasteiger partial charge in [-0.1, -0.05) is 6.42 Å². The fraction of sp³-hybridized carbons (Fsp3) is 0.643. The lowest BCUT2D eigenvalue weighted by molar-refractivity contribution is -0.186. The predicted molar refractivity (Wildman–Crippen MR) is 75.9 cm³/mol. The summed E-state index contributed by atoms with van der Waals surface area (Å²) in [6.07, 6.45) is -3.60. The first-order valence-corrected chi connectivity index (χ1v) is 7.30. The third-order valence-electron chi connectivity index (χ3n) is 4.15. The minimum absolute atomic E-state index is 0.0697. The minimum Gasteiger partial charge on any atom is -0.281 e. The van der Waals surface area contributed by atoms with E-state index in [4.69, 9.17) is 5.26 Å². The number of nitrogens with zero attached hydrogens (tertiary/aromatic N) is 3. The zero-order valence-electron chi connectivity index (χ0n) is 12.9. The number of anilines is 1. The number of carbonyl (C=O) groups is 1. The van der Waals surface area contributed by atoms with Gasteiger partial charge >= 0.3 is 6.18 Å². The van der Waals surface area contributed by atoms with Crippen LogP contribution in [0.3, 0.4) is 0 Å². The highest BCUT2D eigenvalue weighted by atomic mass is 19.4. The first-order valence-electron chi connectivity index (χ1n) is 7.30. The van der Waals surface area contributed by atoms with Crippen LogP contribution >= 0.6 is 0 Å². The lowest BCUT2D eigenvalue weighted by Crippen LogP contribution is -2.40. The van der Waals surface area contributed by atoms with Gasteiger partial charge in [0.25, 0.3) is 0 Å². The number of alkyl halides is 3. The van der Waals surface area contributed by atoms with Crippen LogP contribution in [0.25, 0.3) is 0 Å². The van der Waals surface area contributed by atoms with Gasteiger partial charge in [-0.05, 0) is 26.2 Å². The molecule has 9 heteroatoms. The molecule has 1 aromatic rings. The Labute approximate surface area is 131 Å². The summed E-state index contributed by atoms with van der Waals surface area (Å²) >= 11 is 0. The van der Waals surface area contributed by atoms with Crippen LogP contribution in [0, 0.1) is 30.1 Å². The molecule has 1 aromatic heterocycles. The molecule has 0 saturated heterocycles. The Hall–Kier alpha value is -2.24. The van der Waals surface area contributed by atoms with E-state index in [-0.39, 0.29) is 18.4 Å². The van der Waals surface area contributed by atoms with Crippen LogP contribution in [0.1, 0.15) is 36.9 Å². The lowest BCUT2D eigenvalue weighted by atomic mass is 9.80. The van der Waals surface area contributed by atoms with Gasteiger partial charge in [-0.25, -0.2) is 0 Å². The summed E-state index contributed by atoms with van der Waals surface area (Å²) in [4.78, 5) is 12.1. The molecule has 2 rings (SSSR count). The van der Waals surface area contributed by atoms with E-state index in [0.29, 0.717) is 24.4 Å². The van der Waals surface area contributed by atoms with E-state index < -0.39 is 23.9 Å². The SMILES string of the molecule is Cc1nn(C)c(NNC(=O)C2CCCC(C(F)(F)F)C2)c1C#N. The van der Waals surface area contributed by atoms with Gasteiger partial charge in [-0.15, -0.1) is 0 Å². The molecular weight excluding hydrogens is 311 g/mol. The molecule has 6 nitrogen and oxygen atoms in total. The van der Waals surface area contributed by atoms with Gasteiger partial charge in [0, 0.05) is 13.0 Å². The van der Waals surface area contributed by atoms with Crippen molar-refractivity contribution in [3.63, 3.8) is 0 Å². The number of amides is 1. The largest absolute Gasteiger partial charge is 0.391 e. The Kier molecular flexibility index (Phi) is 4.82. The maximum absolute atomic E-state index is 12.8. The van der Waals surface area contributed by atoms with Crippen molar-refractivity contribution in [2.45, 2.75) is 38.8 Å². The molecular formula is C14H18F3N5O. The maximum Gasteiger partial charge on any atom is 0.391 e. The third kappa shape index (κ3) is 3.75. The number of carbonyl (C=O) groups excluding carboxylic acids is 1. The van der Waals surface area contributed by atoms with Gasteiger partial charge in [-0.2, -0.15) is 23.5 Å². The molecule has 0 radical (unpaired) electrons. The number of nitriles is 1. The lowest BCUT2D eigenvalue weighted by Gasteiger charge is -2.29. The molecule has 23 heavy (non-hydrogen) atoms. The highest BCUT2D eigenvalue weighted by Gasteiger charge is 2.43. The zero-order chi connectivity index (χ0) is 17.2. The molecule has 1 aliphatic carbocycles. The molecule has 126 valence electrons. The molecule has 1 heterocycles. The molecule has 1 amide bonds. The fourth-order valence-electron chi connectivity index (χ4n) is 2.88. The predicted octanol–water partition coefficient (Wildman–Crippen LogP) is 2.41. The molecule has 2 unspecified atom stereocenters. The molecule has 2 N–H and O–H groups in total. The van der Waals surface area contributed by atoms with Crippen molar-refractivity contribution >= 4 is 11.7 Å². The van der Waals surface area contributed by atoms with Crippen LogP contribution in [0.5, 0.6) is 0 Å². The number of aryl methyl sites for hydroxylation is 2. The van der Waals surface area contributed by atoms with Crippen LogP contribution in [-0.2, 0) is 11.8 Å². The van der Waals surface area contributed by atoms with Crippen LogP contribution < -0.4 is 10.9 Å². The molecule has 2 atom stereocenters. The van der Waals surface area contributed by atoms with Crippen molar-refractivity contribution in [3.05, 3.63) is 11.3 Å². The van der Waals surface area contributed by atoms with E-state index in [1.807, 2.05) is 6.07 Å². The van der Waals surface area contributed by atoms with Crippen LogP contribution in [0.4, 0.5) is 19.0 Å². The summed E-state index contributed by atoms with van der Waals surface area (Å²) in [5.41, 5.74) is 5.79. The molecule has 1 fully saturated rings. The normalized spacial score (nSPS) is 21.6. The van der Waals surface area contributed by atoms with E-state index >= 15 is 0 Å². The minimum atomic E-state index is -4.26. The van der Waals surface area contributed by atoms with Gasteiger partial charge in [0.1, 0.15) is 11.6 Å². The number of nitrogens with one attached hydrogen (secondary N) is 2. The van der Waals surface area contributed by atoms with E-state index in [1.54, 1.807) is 14.0 Å². The van der Waals surface area contributed by atoms with Gasteiger partial charge < -0.3 is 0 Å². The number of hydrogen-bond acceptors (Lipinski definition) is 4. The second kappa shape index (κ2) is 6.48. The molecule has 0 spiro atoms. The van der Waals surface area contributed by atoms with Crippen LogP contribution in [0.15, 0.2) is 0 Å². The number of hydrazine groups is 1. The van der Waals surface area contributed by atoms with E-state index in [1.165, 1.54) is 4.68 Å². The quantitative estimate of drug-likeness (QED) is 0.834. The Morgan fingerprint density at radius 2 is 2.13 bits per heavy atom. The first-order chi connectivity index (χ1) is 10.7. The smallest absolute Gasteiger partial charge is 0.281 e. The average molecular weight is 329 g/mol. The maximum atomic E-state index is 12.8. The fourth-order valence-corrected chi connectivity index (χ4v) is 2.88. The van der Waals surface area contributed by atoms with Gasteiger partial charge in [0.15, 0.2) is 5.82 Å².